The summed E-state index contributed by atoms with van der Waals surface area (Å²) in [7, 11) is 0. The molecule has 0 saturated carbocycles. The first kappa shape index (κ1) is 9.78. The maximum Gasteiger partial charge on any atom is 0.132 e. The summed E-state index contributed by atoms with van der Waals surface area (Å²) in [6, 6.07) is 1.81. The lowest BCUT2D eigenvalue weighted by molar-refractivity contribution is 0.759. The number of aromatic amines is 1. The van der Waals surface area contributed by atoms with Crippen LogP contribution in [0.1, 0.15) is 23.9 Å². The monoisotopic (exact) mass is 179 g/mol. The van der Waals surface area contributed by atoms with Crippen LogP contribution >= 0.6 is 0 Å². The van der Waals surface area contributed by atoms with E-state index in [1.807, 2.05) is 26.8 Å². The van der Waals surface area contributed by atoms with Crippen molar-refractivity contribution in [1.29, 1.82) is 0 Å². The van der Waals surface area contributed by atoms with E-state index in [1.54, 1.807) is 12.2 Å². The smallest absolute Gasteiger partial charge is 0.132 e. The fraction of sp³-hybridized carbons (Fsp3) is 0.273. The number of aryl methyl sites for hydroxylation is 2. The first-order valence-corrected chi connectivity index (χ1v) is 4.30. The Bertz CT molecular complexity index is 345. The van der Waals surface area contributed by atoms with Crippen LogP contribution in [0.5, 0.6) is 0 Å². The van der Waals surface area contributed by atoms with Gasteiger partial charge >= 0.3 is 0 Å². The highest BCUT2D eigenvalue weighted by Crippen LogP contribution is 2.20. The molecular formula is C11H14FN. The van der Waals surface area contributed by atoms with Crippen molar-refractivity contribution in [3.8, 4) is 0 Å². The summed E-state index contributed by atoms with van der Waals surface area (Å²) in [4.78, 5) is 3.06. The molecule has 0 spiro atoms. The third kappa shape index (κ3) is 2.31. The van der Waals surface area contributed by atoms with Crippen molar-refractivity contribution in [1.82, 2.24) is 4.98 Å². The molecule has 0 radical (unpaired) electrons. The standard InChI is InChI=1S/C11H14FN/c1-4-5-6-11(12)10-7-8(2)13-9(10)3/h4-7,13H,1-3H3. The van der Waals surface area contributed by atoms with Crippen molar-refractivity contribution in [2.75, 3.05) is 0 Å². The van der Waals surface area contributed by atoms with E-state index in [0.29, 0.717) is 5.56 Å². The van der Waals surface area contributed by atoms with Gasteiger partial charge in [-0.3, -0.25) is 0 Å². The fourth-order valence-electron chi connectivity index (χ4n) is 1.24. The van der Waals surface area contributed by atoms with Gasteiger partial charge in [-0.05, 0) is 32.9 Å². The summed E-state index contributed by atoms with van der Waals surface area (Å²) in [6.07, 6.45) is 4.96. The Morgan fingerprint density at radius 3 is 2.62 bits per heavy atom. The maximum absolute atomic E-state index is 13.4. The number of hydrogen-bond donors (Lipinski definition) is 1. The summed E-state index contributed by atoms with van der Waals surface area (Å²) in [5.41, 5.74) is 2.50. The predicted molar refractivity (Wildman–Crippen MR) is 54.2 cm³/mol. The van der Waals surface area contributed by atoms with E-state index in [4.69, 9.17) is 0 Å². The van der Waals surface area contributed by atoms with E-state index in [2.05, 4.69) is 4.98 Å². The topological polar surface area (TPSA) is 15.8 Å². The number of H-pyrrole nitrogens is 1. The number of halogens is 1. The molecule has 1 nitrogen and oxygen atoms in total. The second-order valence-electron chi connectivity index (χ2n) is 3.03. The van der Waals surface area contributed by atoms with Gasteiger partial charge in [0.25, 0.3) is 0 Å². The van der Waals surface area contributed by atoms with E-state index in [0.717, 1.165) is 11.4 Å². The Kier molecular flexibility index (Phi) is 3.07. The first-order chi connectivity index (χ1) is 6.15. The van der Waals surface area contributed by atoms with Crippen LogP contribution in [0.2, 0.25) is 0 Å². The number of allylic oxidation sites excluding steroid dienone is 3. The lowest BCUT2D eigenvalue weighted by Gasteiger charge is -1.92. The second-order valence-corrected chi connectivity index (χ2v) is 3.03. The van der Waals surface area contributed by atoms with Gasteiger partial charge in [0, 0.05) is 17.0 Å². The van der Waals surface area contributed by atoms with Crippen molar-refractivity contribution >= 4 is 5.83 Å². The van der Waals surface area contributed by atoms with Crippen LogP contribution in [0.3, 0.4) is 0 Å². The third-order valence-electron chi connectivity index (χ3n) is 1.84. The molecule has 2 heteroatoms. The normalized spacial score (nSPS) is 12.8. The summed E-state index contributed by atoms with van der Waals surface area (Å²) in [5.74, 6) is -0.194. The van der Waals surface area contributed by atoms with Gasteiger partial charge in [0.2, 0.25) is 0 Å². The predicted octanol–water partition coefficient (Wildman–Crippen LogP) is 3.52. The van der Waals surface area contributed by atoms with Crippen molar-refractivity contribution in [2.24, 2.45) is 0 Å². The summed E-state index contributed by atoms with van der Waals surface area (Å²) in [6.45, 7) is 5.64. The van der Waals surface area contributed by atoms with Gasteiger partial charge in [-0.15, -0.1) is 0 Å². The van der Waals surface area contributed by atoms with Crippen LogP contribution in [0.15, 0.2) is 24.3 Å². The van der Waals surface area contributed by atoms with E-state index < -0.39 is 0 Å². The van der Waals surface area contributed by atoms with E-state index in [1.165, 1.54) is 6.08 Å². The molecule has 0 fully saturated rings. The summed E-state index contributed by atoms with van der Waals surface area (Å²) < 4.78 is 13.4. The highest BCUT2D eigenvalue weighted by Gasteiger charge is 2.05. The molecule has 0 saturated heterocycles. The molecule has 70 valence electrons. The Hall–Kier alpha value is -1.31. The van der Waals surface area contributed by atoms with Gasteiger partial charge in [-0.25, -0.2) is 4.39 Å². The van der Waals surface area contributed by atoms with Crippen LogP contribution < -0.4 is 0 Å². The molecule has 0 aliphatic rings. The van der Waals surface area contributed by atoms with Gasteiger partial charge in [0.1, 0.15) is 5.83 Å². The molecule has 0 amide bonds. The molecule has 0 aromatic carbocycles. The largest absolute Gasteiger partial charge is 0.362 e. The Morgan fingerprint density at radius 2 is 2.15 bits per heavy atom. The van der Waals surface area contributed by atoms with Crippen LogP contribution in [0.4, 0.5) is 4.39 Å². The van der Waals surface area contributed by atoms with Crippen molar-refractivity contribution in [2.45, 2.75) is 20.8 Å². The molecule has 0 aliphatic heterocycles. The fourth-order valence-corrected chi connectivity index (χ4v) is 1.24. The molecule has 0 unspecified atom stereocenters. The minimum absolute atomic E-state index is 0.194. The SMILES string of the molecule is CC=CC=C(F)c1cc(C)[nH]c1C. The molecule has 0 aliphatic carbocycles. The molecule has 13 heavy (non-hydrogen) atoms. The van der Waals surface area contributed by atoms with Crippen molar-refractivity contribution in [3.05, 3.63) is 41.2 Å². The zero-order valence-corrected chi connectivity index (χ0v) is 8.19. The quantitative estimate of drug-likeness (QED) is 0.668. The van der Waals surface area contributed by atoms with Crippen molar-refractivity contribution in [3.63, 3.8) is 0 Å². The molecule has 1 rings (SSSR count). The minimum Gasteiger partial charge on any atom is -0.362 e. The van der Waals surface area contributed by atoms with Crippen LogP contribution in [0, 0.1) is 13.8 Å². The Morgan fingerprint density at radius 1 is 1.46 bits per heavy atom. The van der Waals surface area contributed by atoms with Gasteiger partial charge in [-0.2, -0.15) is 0 Å². The average molecular weight is 179 g/mol. The van der Waals surface area contributed by atoms with Gasteiger partial charge in [-0.1, -0.05) is 12.2 Å². The van der Waals surface area contributed by atoms with Gasteiger partial charge < -0.3 is 4.98 Å². The van der Waals surface area contributed by atoms with Crippen LogP contribution in [-0.4, -0.2) is 4.98 Å². The molecule has 1 aromatic rings. The molecule has 1 N–H and O–H groups in total. The zero-order chi connectivity index (χ0) is 9.84. The second kappa shape index (κ2) is 4.08. The lowest BCUT2D eigenvalue weighted by Crippen LogP contribution is -1.78. The highest BCUT2D eigenvalue weighted by atomic mass is 19.1. The minimum atomic E-state index is -0.194. The van der Waals surface area contributed by atoms with E-state index >= 15 is 0 Å². The highest BCUT2D eigenvalue weighted by molar-refractivity contribution is 5.63. The van der Waals surface area contributed by atoms with Crippen LogP contribution in [-0.2, 0) is 0 Å². The summed E-state index contributed by atoms with van der Waals surface area (Å²) >= 11 is 0. The zero-order valence-electron chi connectivity index (χ0n) is 8.19. The van der Waals surface area contributed by atoms with Gasteiger partial charge in [0.15, 0.2) is 0 Å². The van der Waals surface area contributed by atoms with Gasteiger partial charge in [0.05, 0.1) is 0 Å². The Balaban J connectivity index is 3.00. The summed E-state index contributed by atoms with van der Waals surface area (Å²) in [5, 5.41) is 0. The molecular weight excluding hydrogens is 165 g/mol. The lowest BCUT2D eigenvalue weighted by atomic mass is 10.2. The molecule has 1 aromatic heterocycles. The maximum atomic E-state index is 13.4. The molecule has 0 atom stereocenters. The third-order valence-corrected chi connectivity index (χ3v) is 1.84. The van der Waals surface area contributed by atoms with Crippen molar-refractivity contribution < 1.29 is 4.39 Å². The van der Waals surface area contributed by atoms with E-state index in [-0.39, 0.29) is 5.83 Å². The number of aromatic nitrogens is 1. The number of hydrogen-bond acceptors (Lipinski definition) is 0. The molecule has 0 bridgehead atoms. The Labute approximate surface area is 78.0 Å². The van der Waals surface area contributed by atoms with E-state index in [9.17, 15) is 4.39 Å². The first-order valence-electron chi connectivity index (χ1n) is 4.30. The number of nitrogens with one attached hydrogen (secondary N) is 1. The van der Waals surface area contributed by atoms with Crippen LogP contribution in [0.25, 0.3) is 5.83 Å². The average Bonchev–Trinajstić information content (AvgIpc) is 2.41. The molecule has 1 heterocycles. The number of rotatable bonds is 2.